The summed E-state index contributed by atoms with van der Waals surface area (Å²) in [4.78, 5) is 20.1. The fraction of sp³-hybridized carbons (Fsp3) is 0.318. The second kappa shape index (κ2) is 8.14. The number of hydrogen-bond acceptors (Lipinski definition) is 7. The minimum absolute atomic E-state index is 0.225. The van der Waals surface area contributed by atoms with Crippen molar-refractivity contribution in [1.82, 2.24) is 15.0 Å². The zero-order valence-corrected chi connectivity index (χ0v) is 17.5. The van der Waals surface area contributed by atoms with Crippen molar-refractivity contribution in [3.63, 3.8) is 0 Å². The van der Waals surface area contributed by atoms with Gasteiger partial charge >= 0.3 is 0 Å². The lowest BCUT2D eigenvalue weighted by molar-refractivity contribution is 0.618. The van der Waals surface area contributed by atoms with Gasteiger partial charge in [0.1, 0.15) is 23.3 Å². The molecule has 2 aromatic heterocycles. The largest absolute Gasteiger partial charge is 0.383 e. The molecule has 1 aromatic carbocycles. The van der Waals surface area contributed by atoms with Crippen LogP contribution in [-0.2, 0) is 0 Å². The van der Waals surface area contributed by atoms with Crippen molar-refractivity contribution >= 4 is 29.1 Å². The zero-order chi connectivity index (χ0) is 21.3. The quantitative estimate of drug-likeness (QED) is 0.711. The first-order valence-electron chi connectivity index (χ1n) is 9.99. The first-order chi connectivity index (χ1) is 14.4. The predicted molar refractivity (Wildman–Crippen MR) is 119 cm³/mol. The molecule has 0 saturated carbocycles. The molecule has 156 valence electrons. The molecule has 1 aliphatic rings. The van der Waals surface area contributed by atoms with Gasteiger partial charge in [-0.25, -0.2) is 9.37 Å². The maximum Gasteiger partial charge on any atom is 0.229 e. The van der Waals surface area contributed by atoms with Gasteiger partial charge in [0.15, 0.2) is 0 Å². The van der Waals surface area contributed by atoms with Crippen molar-refractivity contribution < 1.29 is 4.39 Å². The van der Waals surface area contributed by atoms with E-state index in [2.05, 4.69) is 19.8 Å². The van der Waals surface area contributed by atoms with Crippen molar-refractivity contribution in [2.75, 3.05) is 53.7 Å². The summed E-state index contributed by atoms with van der Waals surface area (Å²) in [6, 6.07) is 11.0. The van der Waals surface area contributed by atoms with Crippen LogP contribution in [0.5, 0.6) is 0 Å². The smallest absolute Gasteiger partial charge is 0.229 e. The van der Waals surface area contributed by atoms with Crippen LogP contribution >= 0.6 is 0 Å². The molecule has 1 saturated heterocycles. The molecule has 0 radical (unpaired) electrons. The number of aromatic nitrogens is 3. The molecule has 0 aliphatic carbocycles. The van der Waals surface area contributed by atoms with Crippen LogP contribution in [0.15, 0.2) is 42.6 Å². The zero-order valence-electron chi connectivity index (χ0n) is 17.5. The minimum Gasteiger partial charge on any atom is -0.383 e. The Bertz CT molecular complexity index is 1030. The number of piperazine rings is 1. The highest BCUT2D eigenvalue weighted by atomic mass is 19.1. The third-order valence-electron chi connectivity index (χ3n) is 5.53. The van der Waals surface area contributed by atoms with Gasteiger partial charge in [-0.2, -0.15) is 9.97 Å². The van der Waals surface area contributed by atoms with Crippen LogP contribution in [0.3, 0.4) is 0 Å². The number of aryl methyl sites for hydroxylation is 1. The Morgan fingerprint density at radius 1 is 1.00 bits per heavy atom. The van der Waals surface area contributed by atoms with E-state index in [0.29, 0.717) is 17.3 Å². The Morgan fingerprint density at radius 3 is 2.40 bits per heavy atom. The SMILES string of the molecule is Cc1cc(N(C)c2nc(N3CCN(c4ccccn4)CC3)nc(N)c2C)ccc1F. The Balaban J connectivity index is 1.57. The van der Waals surface area contributed by atoms with Crippen LogP contribution in [0.1, 0.15) is 11.1 Å². The van der Waals surface area contributed by atoms with E-state index < -0.39 is 0 Å². The fourth-order valence-electron chi connectivity index (χ4n) is 3.61. The topological polar surface area (TPSA) is 74.4 Å². The van der Waals surface area contributed by atoms with Gasteiger partial charge in [0, 0.05) is 50.7 Å². The van der Waals surface area contributed by atoms with Crippen LogP contribution in [-0.4, -0.2) is 48.2 Å². The number of pyridine rings is 1. The van der Waals surface area contributed by atoms with Crippen molar-refractivity contribution in [2.45, 2.75) is 13.8 Å². The molecular formula is C22H26FN7. The molecule has 8 heteroatoms. The Kier molecular flexibility index (Phi) is 5.39. The lowest BCUT2D eigenvalue weighted by Crippen LogP contribution is -2.47. The van der Waals surface area contributed by atoms with Gasteiger partial charge < -0.3 is 20.4 Å². The molecule has 3 heterocycles. The van der Waals surface area contributed by atoms with Crippen molar-refractivity contribution in [2.24, 2.45) is 0 Å². The summed E-state index contributed by atoms with van der Waals surface area (Å²) in [7, 11) is 1.91. The molecular weight excluding hydrogens is 381 g/mol. The van der Waals surface area contributed by atoms with E-state index in [1.54, 1.807) is 19.1 Å². The highest BCUT2D eigenvalue weighted by Crippen LogP contribution is 2.30. The average molecular weight is 407 g/mol. The Labute approximate surface area is 176 Å². The highest BCUT2D eigenvalue weighted by Gasteiger charge is 2.22. The van der Waals surface area contributed by atoms with Crippen molar-refractivity contribution in [3.05, 3.63) is 59.5 Å². The van der Waals surface area contributed by atoms with Crippen LogP contribution in [0.4, 0.5) is 33.5 Å². The van der Waals surface area contributed by atoms with E-state index in [0.717, 1.165) is 49.1 Å². The normalized spacial score (nSPS) is 14.1. The molecule has 0 spiro atoms. The van der Waals surface area contributed by atoms with Crippen LogP contribution < -0.4 is 20.4 Å². The minimum atomic E-state index is -0.225. The number of hydrogen-bond donors (Lipinski definition) is 1. The predicted octanol–water partition coefficient (Wildman–Crippen LogP) is 3.30. The molecule has 3 aromatic rings. The summed E-state index contributed by atoms with van der Waals surface area (Å²) in [5.41, 5.74) is 8.47. The molecule has 2 N–H and O–H groups in total. The molecule has 0 unspecified atom stereocenters. The van der Waals surface area contributed by atoms with Crippen LogP contribution in [0.25, 0.3) is 0 Å². The van der Waals surface area contributed by atoms with Gasteiger partial charge in [-0.3, -0.25) is 0 Å². The van der Waals surface area contributed by atoms with E-state index in [4.69, 9.17) is 10.7 Å². The fourth-order valence-corrected chi connectivity index (χ4v) is 3.61. The van der Waals surface area contributed by atoms with E-state index in [1.165, 1.54) is 6.07 Å². The number of halogens is 1. The van der Waals surface area contributed by atoms with Gasteiger partial charge in [0.05, 0.1) is 0 Å². The summed E-state index contributed by atoms with van der Waals surface area (Å²) in [6.45, 7) is 6.86. The first kappa shape index (κ1) is 19.9. The third kappa shape index (κ3) is 3.85. The summed E-state index contributed by atoms with van der Waals surface area (Å²) in [6.07, 6.45) is 1.81. The Morgan fingerprint density at radius 2 is 1.73 bits per heavy atom. The van der Waals surface area contributed by atoms with Crippen LogP contribution in [0.2, 0.25) is 0 Å². The third-order valence-corrected chi connectivity index (χ3v) is 5.53. The van der Waals surface area contributed by atoms with E-state index >= 15 is 0 Å². The lowest BCUT2D eigenvalue weighted by Gasteiger charge is -2.36. The van der Waals surface area contributed by atoms with Gasteiger partial charge in [0.25, 0.3) is 0 Å². The van der Waals surface area contributed by atoms with E-state index in [-0.39, 0.29) is 5.82 Å². The number of benzene rings is 1. The van der Waals surface area contributed by atoms with Gasteiger partial charge in [-0.1, -0.05) is 6.07 Å². The number of nitrogens with zero attached hydrogens (tertiary/aromatic N) is 6. The second-order valence-electron chi connectivity index (χ2n) is 7.51. The number of rotatable bonds is 4. The summed E-state index contributed by atoms with van der Waals surface area (Å²) in [5.74, 6) is 2.54. The van der Waals surface area contributed by atoms with Crippen LogP contribution in [0, 0.1) is 19.7 Å². The van der Waals surface area contributed by atoms with Gasteiger partial charge in [-0.05, 0) is 49.7 Å². The molecule has 0 atom stereocenters. The summed E-state index contributed by atoms with van der Waals surface area (Å²) < 4.78 is 13.7. The summed E-state index contributed by atoms with van der Waals surface area (Å²) >= 11 is 0. The maximum atomic E-state index is 13.7. The monoisotopic (exact) mass is 407 g/mol. The second-order valence-corrected chi connectivity index (χ2v) is 7.51. The molecule has 1 aliphatic heterocycles. The average Bonchev–Trinajstić information content (AvgIpc) is 2.77. The number of nitrogen functional groups attached to an aromatic ring is 1. The first-order valence-corrected chi connectivity index (χ1v) is 9.99. The Hall–Kier alpha value is -3.42. The standard InChI is InChI=1S/C22H26FN7/c1-15-14-17(7-8-18(15)23)28(3)21-16(2)20(24)26-22(27-21)30-12-10-29(11-13-30)19-6-4-5-9-25-19/h4-9,14H,10-13H2,1-3H3,(H2,24,26,27). The molecule has 0 bridgehead atoms. The van der Waals surface area contributed by atoms with Gasteiger partial charge in [-0.15, -0.1) is 0 Å². The number of nitrogens with two attached hydrogens (primary N) is 1. The molecule has 7 nitrogen and oxygen atoms in total. The lowest BCUT2D eigenvalue weighted by atomic mass is 10.2. The summed E-state index contributed by atoms with van der Waals surface area (Å²) in [5, 5.41) is 0. The van der Waals surface area contributed by atoms with E-state index in [1.807, 2.05) is 43.3 Å². The van der Waals surface area contributed by atoms with Crippen molar-refractivity contribution in [3.8, 4) is 0 Å². The molecule has 4 rings (SSSR count). The van der Waals surface area contributed by atoms with Crippen molar-refractivity contribution in [1.29, 1.82) is 0 Å². The highest BCUT2D eigenvalue weighted by molar-refractivity contribution is 5.68. The van der Waals surface area contributed by atoms with E-state index in [9.17, 15) is 4.39 Å². The maximum absolute atomic E-state index is 13.7. The van der Waals surface area contributed by atoms with Gasteiger partial charge in [0.2, 0.25) is 5.95 Å². The molecule has 0 amide bonds. The molecule has 30 heavy (non-hydrogen) atoms. The molecule has 1 fully saturated rings. The number of anilines is 5.